The molecule has 0 fully saturated rings. The van der Waals surface area contributed by atoms with Crippen LogP contribution in [-0.4, -0.2) is 32.9 Å². The van der Waals surface area contributed by atoms with Crippen LogP contribution in [0.2, 0.25) is 0 Å². The van der Waals surface area contributed by atoms with Crippen molar-refractivity contribution in [2.45, 2.75) is 24.8 Å². The molecule has 0 saturated carbocycles. The number of anilines is 1. The smallest absolute Gasteiger partial charge is 0.242 e. The highest BCUT2D eigenvalue weighted by Gasteiger charge is 2.18. The number of benzene rings is 1. The summed E-state index contributed by atoms with van der Waals surface area (Å²) in [5.74, 6) is 0.498. The van der Waals surface area contributed by atoms with Gasteiger partial charge < -0.3 is 10.5 Å². The Balaban J connectivity index is 3.13. The molecule has 5 nitrogen and oxygen atoms in total. The quantitative estimate of drug-likeness (QED) is 0.826. The third kappa shape index (κ3) is 3.10. The molecule has 2 N–H and O–H groups in total. The molecule has 0 spiro atoms. The van der Waals surface area contributed by atoms with Crippen molar-refractivity contribution in [2.24, 2.45) is 0 Å². The van der Waals surface area contributed by atoms with Gasteiger partial charge in [-0.05, 0) is 32.0 Å². The van der Waals surface area contributed by atoms with Crippen molar-refractivity contribution in [3.8, 4) is 5.75 Å². The minimum Gasteiger partial charge on any atom is -0.489 e. The second kappa shape index (κ2) is 4.93. The minimum atomic E-state index is -3.45. The Kier molecular flexibility index (Phi) is 4.00. The largest absolute Gasteiger partial charge is 0.489 e. The van der Waals surface area contributed by atoms with Gasteiger partial charge in [-0.1, -0.05) is 0 Å². The lowest BCUT2D eigenvalue weighted by molar-refractivity contribution is 0.243. The normalized spacial score (nSPS) is 12.1. The van der Waals surface area contributed by atoms with E-state index in [9.17, 15) is 8.42 Å². The van der Waals surface area contributed by atoms with Crippen LogP contribution >= 0.6 is 0 Å². The third-order valence-electron chi connectivity index (χ3n) is 2.12. The Bertz CT molecular complexity index is 495. The lowest BCUT2D eigenvalue weighted by Gasteiger charge is -2.15. The van der Waals surface area contributed by atoms with Gasteiger partial charge in [0.25, 0.3) is 0 Å². The van der Waals surface area contributed by atoms with E-state index in [1.54, 1.807) is 6.07 Å². The molecule has 0 heterocycles. The number of hydrogen-bond donors (Lipinski definition) is 1. The van der Waals surface area contributed by atoms with Gasteiger partial charge in [0.05, 0.1) is 16.7 Å². The number of sulfonamides is 1. The molecule has 6 heteroatoms. The molecule has 0 amide bonds. The van der Waals surface area contributed by atoms with Crippen molar-refractivity contribution in [1.29, 1.82) is 0 Å². The highest BCUT2D eigenvalue weighted by Crippen LogP contribution is 2.26. The van der Waals surface area contributed by atoms with Crippen LogP contribution in [0.25, 0.3) is 0 Å². The van der Waals surface area contributed by atoms with Gasteiger partial charge in [-0.3, -0.25) is 0 Å². The van der Waals surface area contributed by atoms with Gasteiger partial charge in [0.1, 0.15) is 5.75 Å². The van der Waals surface area contributed by atoms with E-state index >= 15 is 0 Å². The molecular formula is C11H18N2O3S. The Morgan fingerprint density at radius 3 is 2.29 bits per heavy atom. The fraction of sp³-hybridized carbons (Fsp3) is 0.455. The molecule has 17 heavy (non-hydrogen) atoms. The van der Waals surface area contributed by atoms with Crippen LogP contribution in [0.5, 0.6) is 5.75 Å². The third-order valence-corrected chi connectivity index (χ3v) is 3.93. The summed E-state index contributed by atoms with van der Waals surface area (Å²) in [7, 11) is -0.494. The number of nitrogen functional groups attached to an aromatic ring is 1. The molecule has 1 rings (SSSR count). The number of rotatable bonds is 4. The van der Waals surface area contributed by atoms with Crippen molar-refractivity contribution in [1.82, 2.24) is 4.31 Å². The van der Waals surface area contributed by atoms with E-state index in [-0.39, 0.29) is 11.0 Å². The first-order valence-corrected chi connectivity index (χ1v) is 6.68. The summed E-state index contributed by atoms with van der Waals surface area (Å²) in [5, 5.41) is 0. The predicted octanol–water partition coefficient (Wildman–Crippen LogP) is 1.31. The van der Waals surface area contributed by atoms with Crippen molar-refractivity contribution in [3.63, 3.8) is 0 Å². The summed E-state index contributed by atoms with van der Waals surface area (Å²) in [5.41, 5.74) is 6.08. The summed E-state index contributed by atoms with van der Waals surface area (Å²) < 4.78 is 30.3. The van der Waals surface area contributed by atoms with E-state index in [4.69, 9.17) is 10.5 Å². The van der Waals surface area contributed by atoms with Crippen LogP contribution < -0.4 is 10.5 Å². The van der Waals surface area contributed by atoms with Crippen LogP contribution in [0.4, 0.5) is 5.69 Å². The first-order chi connectivity index (χ1) is 7.75. The molecule has 0 atom stereocenters. The molecule has 0 saturated heterocycles. The summed E-state index contributed by atoms with van der Waals surface area (Å²) in [6.45, 7) is 3.76. The van der Waals surface area contributed by atoms with Crippen LogP contribution in [0, 0.1) is 0 Å². The highest BCUT2D eigenvalue weighted by molar-refractivity contribution is 7.89. The van der Waals surface area contributed by atoms with Crippen molar-refractivity contribution in [3.05, 3.63) is 18.2 Å². The summed E-state index contributed by atoms with van der Waals surface area (Å²) in [6.07, 6.45) is -0.00592. The highest BCUT2D eigenvalue weighted by atomic mass is 32.2. The Morgan fingerprint density at radius 2 is 1.88 bits per heavy atom. The Labute approximate surface area is 102 Å². The lowest BCUT2D eigenvalue weighted by Crippen LogP contribution is -2.22. The van der Waals surface area contributed by atoms with Gasteiger partial charge >= 0.3 is 0 Å². The van der Waals surface area contributed by atoms with Gasteiger partial charge in [0.15, 0.2) is 0 Å². The van der Waals surface area contributed by atoms with Gasteiger partial charge in [-0.15, -0.1) is 0 Å². The molecule has 0 aliphatic carbocycles. The van der Waals surface area contributed by atoms with E-state index in [1.165, 1.54) is 26.2 Å². The Morgan fingerprint density at radius 1 is 1.29 bits per heavy atom. The standard InChI is InChI=1S/C11H18N2O3S/c1-8(2)16-11-6-5-9(7-10(11)12)17(14,15)13(3)4/h5-8H,12H2,1-4H3. The molecule has 96 valence electrons. The Hall–Kier alpha value is -1.27. The topological polar surface area (TPSA) is 72.6 Å². The maximum Gasteiger partial charge on any atom is 0.242 e. The van der Waals surface area contributed by atoms with E-state index in [0.717, 1.165) is 4.31 Å². The fourth-order valence-electron chi connectivity index (χ4n) is 1.26. The molecule has 0 aliphatic rings. The van der Waals surface area contributed by atoms with Crippen molar-refractivity contribution < 1.29 is 13.2 Å². The number of nitrogens with zero attached hydrogens (tertiary/aromatic N) is 1. The molecule has 0 unspecified atom stereocenters. The average Bonchev–Trinajstić information content (AvgIpc) is 2.20. The summed E-state index contributed by atoms with van der Waals surface area (Å²) in [4.78, 5) is 0.163. The predicted molar refractivity (Wildman–Crippen MR) is 67.5 cm³/mol. The van der Waals surface area contributed by atoms with E-state index in [0.29, 0.717) is 11.4 Å². The molecule has 1 aromatic rings. The van der Waals surface area contributed by atoms with Crippen LogP contribution in [-0.2, 0) is 10.0 Å². The summed E-state index contributed by atoms with van der Waals surface area (Å²) >= 11 is 0. The van der Waals surface area contributed by atoms with E-state index < -0.39 is 10.0 Å². The van der Waals surface area contributed by atoms with Gasteiger partial charge in [-0.2, -0.15) is 0 Å². The minimum absolute atomic E-state index is 0.00592. The van der Waals surface area contributed by atoms with Gasteiger partial charge in [-0.25, -0.2) is 12.7 Å². The fourth-order valence-corrected chi connectivity index (χ4v) is 2.20. The first kappa shape index (κ1) is 13.8. The molecule has 0 aromatic heterocycles. The average molecular weight is 258 g/mol. The lowest BCUT2D eigenvalue weighted by atomic mass is 10.3. The monoisotopic (exact) mass is 258 g/mol. The van der Waals surface area contributed by atoms with Gasteiger partial charge in [0.2, 0.25) is 10.0 Å². The second-order valence-corrected chi connectivity index (χ2v) is 6.31. The van der Waals surface area contributed by atoms with Crippen molar-refractivity contribution >= 4 is 15.7 Å². The number of nitrogens with two attached hydrogens (primary N) is 1. The number of ether oxygens (including phenoxy) is 1. The SMILES string of the molecule is CC(C)Oc1ccc(S(=O)(=O)N(C)C)cc1N. The second-order valence-electron chi connectivity index (χ2n) is 4.15. The molecule has 0 bridgehead atoms. The maximum absolute atomic E-state index is 11.8. The van der Waals surface area contributed by atoms with Crippen LogP contribution in [0.3, 0.4) is 0 Å². The molecule has 0 radical (unpaired) electrons. The van der Waals surface area contributed by atoms with E-state index in [1.807, 2.05) is 13.8 Å². The van der Waals surface area contributed by atoms with E-state index in [2.05, 4.69) is 0 Å². The van der Waals surface area contributed by atoms with Crippen LogP contribution in [0.1, 0.15) is 13.8 Å². The molecule has 0 aliphatic heterocycles. The zero-order chi connectivity index (χ0) is 13.2. The molecular weight excluding hydrogens is 240 g/mol. The van der Waals surface area contributed by atoms with Crippen LogP contribution in [0.15, 0.2) is 23.1 Å². The van der Waals surface area contributed by atoms with Crippen molar-refractivity contribution in [2.75, 3.05) is 19.8 Å². The summed E-state index contributed by atoms with van der Waals surface area (Å²) in [6, 6.07) is 4.47. The molecule has 1 aromatic carbocycles. The number of hydrogen-bond acceptors (Lipinski definition) is 4. The first-order valence-electron chi connectivity index (χ1n) is 5.24. The maximum atomic E-state index is 11.8. The zero-order valence-electron chi connectivity index (χ0n) is 10.5. The zero-order valence-corrected chi connectivity index (χ0v) is 11.3. The van der Waals surface area contributed by atoms with Gasteiger partial charge in [0, 0.05) is 14.1 Å².